The molecule has 3 aromatic rings. The molecule has 0 bridgehead atoms. The first-order chi connectivity index (χ1) is 14.6. The zero-order valence-corrected chi connectivity index (χ0v) is 18.5. The van der Waals surface area contributed by atoms with E-state index in [4.69, 9.17) is 16.3 Å². The molecule has 4 rings (SSSR count). The third-order valence-corrected chi connectivity index (χ3v) is 6.23. The largest absolute Gasteiger partial charge is 0.486 e. The predicted molar refractivity (Wildman–Crippen MR) is 122 cm³/mol. The van der Waals surface area contributed by atoms with Gasteiger partial charge in [0.1, 0.15) is 17.4 Å². The smallest absolute Gasteiger partial charge is 0.228 e. The number of carbonyl (C=O) groups is 1. The van der Waals surface area contributed by atoms with Crippen LogP contribution in [0, 0.1) is 6.92 Å². The van der Waals surface area contributed by atoms with Crippen molar-refractivity contribution >= 4 is 34.5 Å². The molecule has 2 aromatic carbocycles. The van der Waals surface area contributed by atoms with Crippen molar-refractivity contribution in [3.05, 3.63) is 75.2 Å². The number of aromatic nitrogens is 1. The summed E-state index contributed by atoms with van der Waals surface area (Å²) in [5.74, 6) is 0.947. The maximum Gasteiger partial charge on any atom is 0.228 e. The zero-order chi connectivity index (χ0) is 20.9. The van der Waals surface area contributed by atoms with E-state index in [1.165, 1.54) is 16.9 Å². The summed E-state index contributed by atoms with van der Waals surface area (Å²) in [5, 5.41) is 3.56. The molecular weight excluding hydrogens is 418 g/mol. The summed E-state index contributed by atoms with van der Waals surface area (Å²) in [6, 6.07) is 15.8. The minimum atomic E-state index is 0.122. The molecule has 7 heteroatoms. The van der Waals surface area contributed by atoms with Gasteiger partial charge in [-0.2, -0.15) is 0 Å². The van der Waals surface area contributed by atoms with Gasteiger partial charge in [0.25, 0.3) is 0 Å². The van der Waals surface area contributed by atoms with Gasteiger partial charge in [0.05, 0.1) is 12.1 Å². The van der Waals surface area contributed by atoms with Crippen molar-refractivity contribution in [2.45, 2.75) is 20.0 Å². The number of carbonyl (C=O) groups excluding carboxylic acids is 1. The van der Waals surface area contributed by atoms with Crippen molar-refractivity contribution in [3.8, 4) is 5.75 Å². The van der Waals surface area contributed by atoms with Gasteiger partial charge < -0.3 is 14.5 Å². The van der Waals surface area contributed by atoms with E-state index in [0.717, 1.165) is 40.3 Å². The molecule has 1 aromatic heterocycles. The van der Waals surface area contributed by atoms with Gasteiger partial charge in [-0.15, -0.1) is 11.3 Å². The first kappa shape index (κ1) is 20.7. The van der Waals surface area contributed by atoms with Gasteiger partial charge >= 0.3 is 0 Å². The number of anilines is 1. The van der Waals surface area contributed by atoms with E-state index in [2.05, 4.69) is 16.0 Å². The summed E-state index contributed by atoms with van der Waals surface area (Å²) in [6.07, 6.45) is 0.332. The Balaban J connectivity index is 1.26. The van der Waals surface area contributed by atoms with Crippen molar-refractivity contribution in [2.24, 2.45) is 0 Å². The Bertz CT molecular complexity index is 998. The maximum atomic E-state index is 12.7. The van der Waals surface area contributed by atoms with Crippen LogP contribution in [0.4, 0.5) is 5.69 Å². The van der Waals surface area contributed by atoms with Crippen LogP contribution in [0.5, 0.6) is 5.75 Å². The van der Waals surface area contributed by atoms with Crippen LogP contribution in [0.2, 0.25) is 5.02 Å². The third kappa shape index (κ3) is 5.32. The number of halogens is 1. The molecule has 0 radical (unpaired) electrons. The van der Waals surface area contributed by atoms with E-state index in [1.54, 1.807) is 0 Å². The number of amides is 1. The standard InChI is InChI=1S/C23H24ClN3O2S/c1-17-5-7-21(8-6-17)29-15-22-25-19(16-30-22)14-23(28)27-11-9-26(10-12-27)20-4-2-3-18(24)13-20/h2-8,13,16H,9-12,14-15H2,1H3. The molecule has 2 heterocycles. The van der Waals surface area contributed by atoms with E-state index >= 15 is 0 Å². The van der Waals surface area contributed by atoms with Crippen LogP contribution in [0.25, 0.3) is 0 Å². The van der Waals surface area contributed by atoms with Crippen LogP contribution in [-0.2, 0) is 17.8 Å². The van der Waals surface area contributed by atoms with Crippen molar-refractivity contribution in [1.29, 1.82) is 0 Å². The molecule has 0 unspecified atom stereocenters. The average Bonchev–Trinajstić information content (AvgIpc) is 3.21. The highest BCUT2D eigenvalue weighted by Crippen LogP contribution is 2.21. The summed E-state index contributed by atoms with van der Waals surface area (Å²) in [7, 11) is 0. The molecule has 0 saturated carbocycles. The van der Waals surface area contributed by atoms with Crippen LogP contribution in [0.1, 0.15) is 16.3 Å². The summed E-state index contributed by atoms with van der Waals surface area (Å²) in [4.78, 5) is 21.5. The summed E-state index contributed by atoms with van der Waals surface area (Å²) >= 11 is 7.62. The molecule has 156 valence electrons. The Morgan fingerprint density at radius 2 is 1.90 bits per heavy atom. The lowest BCUT2D eigenvalue weighted by atomic mass is 10.2. The number of thiazole rings is 1. The van der Waals surface area contributed by atoms with Crippen molar-refractivity contribution in [3.63, 3.8) is 0 Å². The van der Waals surface area contributed by atoms with Crippen molar-refractivity contribution < 1.29 is 9.53 Å². The zero-order valence-electron chi connectivity index (χ0n) is 16.9. The monoisotopic (exact) mass is 441 g/mol. The number of piperazine rings is 1. The Labute approximate surface area is 185 Å². The van der Waals surface area contributed by atoms with Gasteiger partial charge in [0.15, 0.2) is 0 Å². The van der Waals surface area contributed by atoms with Gasteiger partial charge in [-0.3, -0.25) is 4.79 Å². The molecule has 0 spiro atoms. The average molecular weight is 442 g/mol. The molecule has 5 nitrogen and oxygen atoms in total. The van der Waals surface area contributed by atoms with Gasteiger partial charge in [-0.1, -0.05) is 35.4 Å². The third-order valence-electron chi connectivity index (χ3n) is 5.12. The lowest BCUT2D eigenvalue weighted by molar-refractivity contribution is -0.130. The molecule has 30 heavy (non-hydrogen) atoms. The number of aryl methyl sites for hydroxylation is 1. The summed E-state index contributed by atoms with van der Waals surface area (Å²) in [6.45, 7) is 5.49. The number of rotatable bonds is 6. The second-order valence-corrected chi connectivity index (χ2v) is 8.74. The Morgan fingerprint density at radius 1 is 1.13 bits per heavy atom. The maximum absolute atomic E-state index is 12.7. The highest BCUT2D eigenvalue weighted by atomic mass is 35.5. The second kappa shape index (κ2) is 9.49. The van der Waals surface area contributed by atoms with Crippen LogP contribution in [0.15, 0.2) is 53.9 Å². The van der Waals surface area contributed by atoms with E-state index in [0.29, 0.717) is 26.1 Å². The number of benzene rings is 2. The number of hydrogen-bond acceptors (Lipinski definition) is 5. The lowest BCUT2D eigenvalue weighted by Gasteiger charge is -2.36. The number of nitrogens with zero attached hydrogens (tertiary/aromatic N) is 3. The van der Waals surface area contributed by atoms with Gasteiger partial charge in [-0.25, -0.2) is 4.98 Å². The van der Waals surface area contributed by atoms with Gasteiger partial charge in [0.2, 0.25) is 5.91 Å². The Hall–Kier alpha value is -2.57. The predicted octanol–water partition coefficient (Wildman–Crippen LogP) is 4.58. The Kier molecular flexibility index (Phi) is 6.55. The molecule has 1 fully saturated rings. The fourth-order valence-electron chi connectivity index (χ4n) is 3.43. The lowest BCUT2D eigenvalue weighted by Crippen LogP contribution is -2.49. The Morgan fingerprint density at radius 3 is 2.63 bits per heavy atom. The second-order valence-electron chi connectivity index (χ2n) is 7.36. The van der Waals surface area contributed by atoms with Gasteiger partial charge in [0, 0.05) is 42.3 Å². The fraction of sp³-hybridized carbons (Fsp3) is 0.304. The van der Waals surface area contributed by atoms with Gasteiger partial charge in [-0.05, 0) is 37.3 Å². The number of ether oxygens (including phenoxy) is 1. The molecule has 1 aliphatic heterocycles. The number of hydrogen-bond donors (Lipinski definition) is 0. The fourth-order valence-corrected chi connectivity index (χ4v) is 4.32. The van der Waals surface area contributed by atoms with Crippen LogP contribution in [0.3, 0.4) is 0 Å². The minimum Gasteiger partial charge on any atom is -0.486 e. The highest BCUT2D eigenvalue weighted by Gasteiger charge is 2.22. The highest BCUT2D eigenvalue weighted by molar-refractivity contribution is 7.09. The topological polar surface area (TPSA) is 45.7 Å². The van der Waals surface area contributed by atoms with E-state index < -0.39 is 0 Å². The first-order valence-electron chi connectivity index (χ1n) is 9.98. The molecule has 0 atom stereocenters. The summed E-state index contributed by atoms with van der Waals surface area (Å²) in [5.41, 5.74) is 3.11. The SMILES string of the molecule is Cc1ccc(OCc2nc(CC(=O)N3CCN(c4cccc(Cl)c4)CC3)cs2)cc1. The molecule has 0 N–H and O–H groups in total. The van der Waals surface area contributed by atoms with Crippen LogP contribution in [-0.4, -0.2) is 42.0 Å². The van der Waals surface area contributed by atoms with Crippen LogP contribution >= 0.6 is 22.9 Å². The molecule has 1 amide bonds. The molecule has 1 aliphatic rings. The van der Waals surface area contributed by atoms with E-state index in [-0.39, 0.29) is 5.91 Å². The van der Waals surface area contributed by atoms with E-state index in [1.807, 2.05) is 59.7 Å². The molecular formula is C23H24ClN3O2S. The first-order valence-corrected chi connectivity index (χ1v) is 11.2. The molecule has 1 saturated heterocycles. The van der Waals surface area contributed by atoms with Crippen LogP contribution < -0.4 is 9.64 Å². The van der Waals surface area contributed by atoms with E-state index in [9.17, 15) is 4.79 Å². The molecule has 0 aliphatic carbocycles. The quantitative estimate of drug-likeness (QED) is 0.562. The summed E-state index contributed by atoms with van der Waals surface area (Å²) < 4.78 is 5.78. The normalized spacial score (nSPS) is 14.1. The minimum absolute atomic E-state index is 0.122. The van der Waals surface area contributed by atoms with Crippen molar-refractivity contribution in [1.82, 2.24) is 9.88 Å². The van der Waals surface area contributed by atoms with Crippen molar-refractivity contribution in [2.75, 3.05) is 31.1 Å².